The predicted octanol–water partition coefficient (Wildman–Crippen LogP) is -2.87. The molecule has 12 nitrogen and oxygen atoms in total. The van der Waals surface area contributed by atoms with Crippen LogP contribution in [0.1, 0.15) is 0 Å². The highest BCUT2D eigenvalue weighted by atomic mass is 19.4. The fourth-order valence-electron chi connectivity index (χ4n) is 1.04. The van der Waals surface area contributed by atoms with Crippen LogP contribution in [-0.4, -0.2) is 68.4 Å². The van der Waals surface area contributed by atoms with Crippen LogP contribution in [0, 0.1) is 0 Å². The van der Waals surface area contributed by atoms with Crippen LogP contribution in [0.4, 0.5) is 13.2 Å². The van der Waals surface area contributed by atoms with E-state index in [1.54, 1.807) is 0 Å². The van der Waals surface area contributed by atoms with Gasteiger partial charge in [-0.3, -0.25) is 14.4 Å². The average Bonchev–Trinajstić information content (AvgIpc) is 2.58. The molecule has 0 atom stereocenters. The van der Waals surface area contributed by atoms with E-state index in [-0.39, 0.29) is 19.6 Å². The van der Waals surface area contributed by atoms with Crippen LogP contribution < -0.4 is 22.1 Å². The molecule has 0 heterocycles. The molecule has 0 radical (unpaired) electrons. The molecular weight excluding hydrogens is 369 g/mol. The number of nitrogens with zero attached hydrogens (tertiary/aromatic N) is 2. The number of ether oxygens (including phenoxy) is 2. The summed E-state index contributed by atoms with van der Waals surface area (Å²) in [7, 11) is 0. The maximum absolute atomic E-state index is 11.8. The van der Waals surface area contributed by atoms with Crippen molar-refractivity contribution in [2.45, 2.75) is 6.18 Å². The molecule has 0 bridgehead atoms. The van der Waals surface area contributed by atoms with Gasteiger partial charge in [0.25, 0.3) is 18.3 Å². The Hall–Kier alpha value is -3.39. The van der Waals surface area contributed by atoms with Crippen LogP contribution in [0.2, 0.25) is 0 Å². The molecule has 146 valence electrons. The maximum atomic E-state index is 11.8. The first-order valence-electron chi connectivity index (χ1n) is 6.61. The summed E-state index contributed by atoms with van der Waals surface area (Å²) in [4.78, 5) is 43.1. The summed E-state index contributed by atoms with van der Waals surface area (Å²) in [5, 5.41) is 10.5. The van der Waals surface area contributed by atoms with Crippen molar-refractivity contribution in [2.75, 3.05) is 26.3 Å². The number of amidine groups is 2. The Kier molecular flexibility index (Phi) is 9.75. The Labute approximate surface area is 143 Å². The minimum Gasteiger partial charge on any atom is -0.466 e. The standard InChI is InChI=1S/C11H15F3N6O6/c12-11(13,14)10(24)26-4-2-18-9(23)7(16)20-19-6(15)8(22)17-1-3-25-5-21/h5H,1-4H2,(H2,15,19)(H2,16,20)(H,17,22)(H,18,23). The van der Waals surface area contributed by atoms with E-state index in [4.69, 9.17) is 11.5 Å². The maximum Gasteiger partial charge on any atom is 0.490 e. The van der Waals surface area contributed by atoms with Gasteiger partial charge >= 0.3 is 12.1 Å². The van der Waals surface area contributed by atoms with E-state index in [0.717, 1.165) is 0 Å². The summed E-state index contributed by atoms with van der Waals surface area (Å²) in [5.74, 6) is -5.76. The number of hydrogen-bond donors (Lipinski definition) is 4. The molecule has 0 saturated heterocycles. The SMILES string of the molecule is N/C(=N\N=C(/N)C(=O)NCCOC(=O)C(F)(F)F)C(=O)NCCOC=O. The minimum absolute atomic E-state index is 0.0515. The predicted molar refractivity (Wildman–Crippen MR) is 78.3 cm³/mol. The first kappa shape index (κ1) is 22.6. The highest BCUT2D eigenvalue weighted by Crippen LogP contribution is 2.15. The van der Waals surface area contributed by atoms with Gasteiger partial charge in [0.05, 0.1) is 13.1 Å². The van der Waals surface area contributed by atoms with Gasteiger partial charge in [-0.2, -0.15) is 13.2 Å². The van der Waals surface area contributed by atoms with Crippen molar-refractivity contribution in [1.29, 1.82) is 0 Å². The number of carbonyl (C=O) groups excluding carboxylic acids is 4. The third kappa shape index (κ3) is 9.68. The zero-order chi connectivity index (χ0) is 20.2. The summed E-state index contributed by atoms with van der Waals surface area (Å²) in [6.45, 7) is -1.21. The lowest BCUT2D eigenvalue weighted by molar-refractivity contribution is -0.199. The van der Waals surface area contributed by atoms with Crippen LogP contribution in [0.3, 0.4) is 0 Å². The second-order valence-electron chi connectivity index (χ2n) is 4.08. The molecule has 0 aromatic carbocycles. The lowest BCUT2D eigenvalue weighted by Crippen LogP contribution is -2.40. The molecule has 0 unspecified atom stereocenters. The van der Waals surface area contributed by atoms with Crippen LogP contribution in [0.15, 0.2) is 10.2 Å². The lowest BCUT2D eigenvalue weighted by Gasteiger charge is -2.07. The molecule has 0 aromatic rings. The molecule has 0 aromatic heterocycles. The zero-order valence-electron chi connectivity index (χ0n) is 13.0. The number of hydrogen-bond acceptors (Lipinski definition) is 8. The highest BCUT2D eigenvalue weighted by Gasteiger charge is 2.40. The number of alkyl halides is 3. The number of carbonyl (C=O) groups is 4. The Bertz CT molecular complexity index is 591. The molecule has 0 aliphatic rings. The van der Waals surface area contributed by atoms with Gasteiger partial charge in [0.2, 0.25) is 11.7 Å². The third-order valence-corrected chi connectivity index (χ3v) is 2.16. The summed E-state index contributed by atoms with van der Waals surface area (Å²) in [6.07, 6.45) is -5.14. The van der Waals surface area contributed by atoms with Crippen molar-refractivity contribution >= 4 is 35.9 Å². The molecule has 0 fully saturated rings. The van der Waals surface area contributed by atoms with Crippen molar-refractivity contribution in [3.63, 3.8) is 0 Å². The molecule has 26 heavy (non-hydrogen) atoms. The van der Waals surface area contributed by atoms with E-state index in [2.05, 4.69) is 25.0 Å². The van der Waals surface area contributed by atoms with E-state index < -0.39 is 48.8 Å². The summed E-state index contributed by atoms with van der Waals surface area (Å²) >= 11 is 0. The number of nitrogens with one attached hydrogen (secondary N) is 2. The molecule has 0 aliphatic carbocycles. The van der Waals surface area contributed by atoms with E-state index >= 15 is 0 Å². The van der Waals surface area contributed by atoms with Gasteiger partial charge < -0.3 is 31.6 Å². The van der Waals surface area contributed by atoms with E-state index in [1.165, 1.54) is 0 Å². The number of nitrogens with two attached hydrogens (primary N) is 2. The Balaban J connectivity index is 4.30. The van der Waals surface area contributed by atoms with Crippen LogP contribution >= 0.6 is 0 Å². The molecule has 15 heteroatoms. The first-order chi connectivity index (χ1) is 12.1. The van der Waals surface area contributed by atoms with Crippen molar-refractivity contribution in [2.24, 2.45) is 21.7 Å². The number of amides is 2. The summed E-state index contributed by atoms with van der Waals surface area (Å²) in [6, 6.07) is 0. The molecule has 0 aliphatic heterocycles. The third-order valence-electron chi connectivity index (χ3n) is 2.16. The second-order valence-corrected chi connectivity index (χ2v) is 4.08. The summed E-state index contributed by atoms with van der Waals surface area (Å²) < 4.78 is 43.6. The van der Waals surface area contributed by atoms with E-state index in [1.807, 2.05) is 5.32 Å². The average molecular weight is 384 g/mol. The fraction of sp³-hybridized carbons (Fsp3) is 0.455. The van der Waals surface area contributed by atoms with Gasteiger partial charge in [-0.15, -0.1) is 10.2 Å². The Morgan fingerprint density at radius 3 is 1.85 bits per heavy atom. The van der Waals surface area contributed by atoms with Gasteiger partial charge in [-0.25, -0.2) is 4.79 Å². The summed E-state index contributed by atoms with van der Waals surface area (Å²) in [5.41, 5.74) is 10.5. The second kappa shape index (κ2) is 11.2. The van der Waals surface area contributed by atoms with Crippen LogP contribution in [0.25, 0.3) is 0 Å². The number of rotatable bonds is 8. The molecule has 0 spiro atoms. The zero-order valence-corrected chi connectivity index (χ0v) is 13.0. The normalized spacial score (nSPS) is 12.1. The lowest BCUT2D eigenvalue weighted by atomic mass is 10.5. The first-order valence-corrected chi connectivity index (χ1v) is 6.61. The topological polar surface area (TPSA) is 188 Å². The Morgan fingerprint density at radius 2 is 1.42 bits per heavy atom. The monoisotopic (exact) mass is 384 g/mol. The molecule has 0 saturated carbocycles. The molecule has 2 amide bonds. The Morgan fingerprint density at radius 1 is 0.962 bits per heavy atom. The van der Waals surface area contributed by atoms with Crippen LogP contribution in [-0.2, 0) is 28.7 Å². The van der Waals surface area contributed by atoms with Gasteiger partial charge in [0, 0.05) is 0 Å². The largest absolute Gasteiger partial charge is 0.490 e. The van der Waals surface area contributed by atoms with Gasteiger partial charge in [0.15, 0.2) is 0 Å². The van der Waals surface area contributed by atoms with Crippen molar-refractivity contribution < 1.29 is 41.8 Å². The quantitative estimate of drug-likeness (QED) is 0.0857. The highest BCUT2D eigenvalue weighted by molar-refractivity contribution is 6.39. The van der Waals surface area contributed by atoms with Crippen molar-refractivity contribution in [3.8, 4) is 0 Å². The van der Waals surface area contributed by atoms with Crippen molar-refractivity contribution in [3.05, 3.63) is 0 Å². The minimum atomic E-state index is -5.14. The number of esters is 1. The molecular formula is C11H15F3N6O6. The number of halogens is 3. The smallest absolute Gasteiger partial charge is 0.466 e. The molecule has 0 rings (SSSR count). The van der Waals surface area contributed by atoms with Crippen molar-refractivity contribution in [1.82, 2.24) is 10.6 Å². The van der Waals surface area contributed by atoms with E-state index in [0.29, 0.717) is 0 Å². The van der Waals surface area contributed by atoms with Gasteiger partial charge in [-0.05, 0) is 0 Å². The van der Waals surface area contributed by atoms with Crippen LogP contribution in [0.5, 0.6) is 0 Å². The van der Waals surface area contributed by atoms with Gasteiger partial charge in [-0.1, -0.05) is 0 Å². The van der Waals surface area contributed by atoms with Gasteiger partial charge in [0.1, 0.15) is 13.2 Å². The fourth-order valence-corrected chi connectivity index (χ4v) is 1.04. The van der Waals surface area contributed by atoms with E-state index in [9.17, 15) is 32.3 Å². The molecule has 6 N–H and O–H groups in total.